The van der Waals surface area contributed by atoms with Crippen LogP contribution in [0.2, 0.25) is 0 Å². The lowest BCUT2D eigenvalue weighted by atomic mass is 9.64. The van der Waals surface area contributed by atoms with Crippen molar-refractivity contribution >= 4 is 15.8 Å². The zero-order chi connectivity index (χ0) is 38.1. The van der Waals surface area contributed by atoms with E-state index in [1.165, 1.54) is 30.7 Å². The van der Waals surface area contributed by atoms with Crippen LogP contribution in [0.15, 0.2) is 72.3 Å². The van der Waals surface area contributed by atoms with Crippen molar-refractivity contribution in [2.75, 3.05) is 27.0 Å². The highest BCUT2D eigenvalue weighted by Crippen LogP contribution is 2.59. The minimum absolute atomic E-state index is 0.0790. The Hall–Kier alpha value is -3.71. The first-order valence-corrected chi connectivity index (χ1v) is 19.3. The van der Waals surface area contributed by atoms with Crippen molar-refractivity contribution in [1.29, 1.82) is 0 Å². The highest BCUT2D eigenvalue weighted by atomic mass is 32.2. The molecule has 0 saturated heterocycles. The molecule has 3 aromatic carbocycles. The number of ketones is 1. The number of methoxy groups -OCH3 is 2. The molecule has 0 heterocycles. The van der Waals surface area contributed by atoms with Gasteiger partial charge >= 0.3 is 6.18 Å². The summed E-state index contributed by atoms with van der Waals surface area (Å²) in [7, 11) is -0.879. The fourth-order valence-electron chi connectivity index (χ4n) is 7.94. The number of hydrogen-bond acceptors (Lipinski definition) is 7. The van der Waals surface area contributed by atoms with Gasteiger partial charge in [0, 0.05) is 41.3 Å². The lowest BCUT2D eigenvalue weighted by Crippen LogP contribution is -2.53. The predicted octanol–water partition coefficient (Wildman–Crippen LogP) is 7.45. The third kappa shape index (κ3) is 8.40. The van der Waals surface area contributed by atoms with Crippen LogP contribution in [0.3, 0.4) is 0 Å². The summed E-state index contributed by atoms with van der Waals surface area (Å²) in [5, 5.41) is 23.7. The van der Waals surface area contributed by atoms with E-state index in [0.717, 1.165) is 24.0 Å². The number of allylic oxidation sites excluding steroid dienone is 2. The van der Waals surface area contributed by atoms with Crippen molar-refractivity contribution in [3.8, 4) is 11.5 Å². The second-order valence-electron chi connectivity index (χ2n) is 14.6. The molecule has 3 aromatic rings. The highest BCUT2D eigenvalue weighted by molar-refractivity contribution is 7.88. The van der Waals surface area contributed by atoms with E-state index in [0.29, 0.717) is 60.3 Å². The summed E-state index contributed by atoms with van der Waals surface area (Å²) in [6, 6.07) is 14.7. The number of nitrogens with zero attached hydrogens (tertiary/aromatic N) is 1. The maximum Gasteiger partial charge on any atom is 0.416 e. The van der Waals surface area contributed by atoms with Gasteiger partial charge in [0.15, 0.2) is 5.78 Å². The lowest BCUT2D eigenvalue weighted by Gasteiger charge is -2.45. The summed E-state index contributed by atoms with van der Waals surface area (Å²) in [5.41, 5.74) is -0.516. The normalized spacial score (nSPS) is 24.2. The Balaban J connectivity index is 1.62. The number of benzene rings is 3. The number of carbonyl (C=O) groups excluding carboxylic acids is 1. The van der Waals surface area contributed by atoms with Crippen molar-refractivity contribution in [2.24, 2.45) is 5.41 Å². The van der Waals surface area contributed by atoms with Gasteiger partial charge in [-0.15, -0.1) is 0 Å². The minimum atomic E-state index is -4.65. The molecule has 6 rings (SSSR count). The first-order valence-electron chi connectivity index (χ1n) is 17.5. The summed E-state index contributed by atoms with van der Waals surface area (Å²) < 4.78 is 80.0. The van der Waals surface area contributed by atoms with E-state index in [1.807, 2.05) is 19.9 Å². The third-order valence-corrected chi connectivity index (χ3v) is 12.3. The Labute approximate surface area is 304 Å². The zero-order valence-electron chi connectivity index (χ0n) is 30.3. The van der Waals surface area contributed by atoms with Crippen molar-refractivity contribution in [1.82, 2.24) is 4.31 Å². The Kier molecular flexibility index (Phi) is 11.6. The SMILES string of the molecule is COc1ccc(CN(CC2(O)CCC3c4ccc(cc4C(=O)c4cccc(C(F)(F)F)c4)CC(O)CCC(C)=CCCC32C)S(C)(=O)=O)c(OC)c1. The highest BCUT2D eigenvalue weighted by Gasteiger charge is 2.58. The van der Waals surface area contributed by atoms with Crippen molar-refractivity contribution in [3.63, 3.8) is 0 Å². The van der Waals surface area contributed by atoms with E-state index in [4.69, 9.17) is 9.47 Å². The van der Waals surface area contributed by atoms with E-state index in [-0.39, 0.29) is 37.1 Å². The number of carbonyl (C=O) groups is 1. The topological polar surface area (TPSA) is 113 Å². The molecule has 3 aliphatic rings. The molecule has 0 amide bonds. The van der Waals surface area contributed by atoms with E-state index in [9.17, 15) is 36.6 Å². The average Bonchev–Trinajstić information content (AvgIpc) is 3.34. The molecular weight excluding hydrogens is 696 g/mol. The Bertz CT molecular complexity index is 1930. The van der Waals surface area contributed by atoms with Crippen LogP contribution < -0.4 is 9.47 Å². The van der Waals surface area contributed by atoms with Gasteiger partial charge in [-0.25, -0.2) is 8.42 Å². The minimum Gasteiger partial charge on any atom is -0.497 e. The summed E-state index contributed by atoms with van der Waals surface area (Å²) in [5.74, 6) is -0.0929. The molecule has 282 valence electrons. The molecule has 4 unspecified atom stereocenters. The van der Waals surface area contributed by atoms with Crippen LogP contribution >= 0.6 is 0 Å². The van der Waals surface area contributed by atoms with Crippen molar-refractivity contribution in [2.45, 2.75) is 89.1 Å². The molecule has 0 aromatic heterocycles. The number of halogens is 3. The quantitative estimate of drug-likeness (QED) is 0.173. The van der Waals surface area contributed by atoms with Crippen LogP contribution in [0.1, 0.15) is 96.5 Å². The number of hydrogen-bond donors (Lipinski definition) is 2. The first-order chi connectivity index (χ1) is 24.4. The number of aliphatic hydroxyl groups is 2. The van der Waals surface area contributed by atoms with Crippen LogP contribution in [-0.4, -0.2) is 67.4 Å². The number of alkyl halides is 3. The molecular formula is C40H48F3NO7S. The maximum absolute atomic E-state index is 14.3. The molecule has 1 fully saturated rings. The van der Waals surface area contributed by atoms with Gasteiger partial charge in [0.1, 0.15) is 11.5 Å². The van der Waals surface area contributed by atoms with Gasteiger partial charge in [-0.05, 0) is 93.2 Å². The second kappa shape index (κ2) is 15.3. The fraction of sp³-hybridized carbons (Fsp3) is 0.475. The number of ether oxygens (including phenoxy) is 2. The molecule has 2 bridgehead atoms. The van der Waals surface area contributed by atoms with Gasteiger partial charge < -0.3 is 19.7 Å². The van der Waals surface area contributed by atoms with Gasteiger partial charge in [-0.1, -0.05) is 48.9 Å². The molecule has 4 atom stereocenters. The summed E-state index contributed by atoms with van der Waals surface area (Å²) in [6.07, 6.45) is 0.757. The van der Waals surface area contributed by atoms with Gasteiger partial charge in [0.05, 0.1) is 37.7 Å². The molecule has 0 radical (unpaired) electrons. The van der Waals surface area contributed by atoms with Crippen molar-refractivity contribution < 1.29 is 46.1 Å². The maximum atomic E-state index is 14.3. The molecule has 0 aliphatic heterocycles. The van der Waals surface area contributed by atoms with E-state index >= 15 is 0 Å². The van der Waals surface area contributed by atoms with Gasteiger partial charge in [0.25, 0.3) is 0 Å². The third-order valence-electron chi connectivity index (χ3n) is 11.1. The van der Waals surface area contributed by atoms with Crippen LogP contribution in [0.25, 0.3) is 0 Å². The number of fused-ring (bicyclic) bond motifs is 8. The van der Waals surface area contributed by atoms with Crippen LogP contribution in [0, 0.1) is 5.41 Å². The molecule has 2 N–H and O–H groups in total. The van der Waals surface area contributed by atoms with Gasteiger partial charge in [-0.2, -0.15) is 17.5 Å². The van der Waals surface area contributed by atoms with Crippen molar-refractivity contribution in [3.05, 3.63) is 106 Å². The molecule has 12 heteroatoms. The molecule has 52 heavy (non-hydrogen) atoms. The Morgan fingerprint density at radius 3 is 2.44 bits per heavy atom. The summed E-state index contributed by atoms with van der Waals surface area (Å²) in [4.78, 5) is 14.3. The number of sulfonamides is 1. The number of rotatable bonds is 9. The average molecular weight is 744 g/mol. The molecule has 1 saturated carbocycles. The zero-order valence-corrected chi connectivity index (χ0v) is 31.1. The fourth-order valence-corrected chi connectivity index (χ4v) is 8.77. The predicted molar refractivity (Wildman–Crippen MR) is 193 cm³/mol. The smallest absolute Gasteiger partial charge is 0.416 e. The van der Waals surface area contributed by atoms with Crippen LogP contribution in [-0.2, 0) is 29.2 Å². The van der Waals surface area contributed by atoms with E-state index < -0.39 is 50.6 Å². The van der Waals surface area contributed by atoms with E-state index in [1.54, 1.807) is 30.3 Å². The van der Waals surface area contributed by atoms with Gasteiger partial charge in [0.2, 0.25) is 10.0 Å². The lowest BCUT2D eigenvalue weighted by molar-refractivity contribution is -0.137. The van der Waals surface area contributed by atoms with Crippen LogP contribution in [0.5, 0.6) is 11.5 Å². The molecule has 0 spiro atoms. The Morgan fingerprint density at radius 1 is 1.02 bits per heavy atom. The second-order valence-corrected chi connectivity index (χ2v) is 16.5. The largest absolute Gasteiger partial charge is 0.497 e. The monoisotopic (exact) mass is 743 g/mol. The summed E-state index contributed by atoms with van der Waals surface area (Å²) >= 11 is 0. The molecule has 8 nitrogen and oxygen atoms in total. The van der Waals surface area contributed by atoms with Gasteiger partial charge in [-0.3, -0.25) is 4.79 Å². The van der Waals surface area contributed by atoms with Crippen LogP contribution in [0.4, 0.5) is 13.2 Å². The number of aliphatic hydroxyl groups excluding tert-OH is 1. The summed E-state index contributed by atoms with van der Waals surface area (Å²) in [6.45, 7) is 3.60. The first kappa shape index (κ1) is 39.5. The molecule has 3 aliphatic carbocycles. The van der Waals surface area contributed by atoms with E-state index in [2.05, 4.69) is 6.08 Å². The standard InChI is InChI=1S/C40H48F3NO7S/c1-26-8-7-18-38(2)35(17-19-39(38,47)25-44(52(5,48)49)24-29-13-15-32(50-3)23-36(29)51-4)33-16-12-27(20-31(45)14-11-26)21-34(33)37(46)28-9-6-10-30(22-28)40(41,42)43/h6,8-10,12-13,15-16,21-23,31,35,45,47H,7,11,14,17-20,24-25H2,1-5H3. The Morgan fingerprint density at radius 2 is 1.77 bits per heavy atom.